The minimum Gasteiger partial charge on any atom is -0.379 e. The normalized spacial score (nSPS) is 11.8. The fourth-order valence-corrected chi connectivity index (χ4v) is 2.35. The molecule has 1 N–H and O–H groups in total. The van der Waals surface area contributed by atoms with Crippen molar-refractivity contribution < 1.29 is 0 Å². The lowest BCUT2D eigenvalue weighted by molar-refractivity contribution is 0.590. The van der Waals surface area contributed by atoms with Gasteiger partial charge in [0.05, 0.1) is 12.2 Å². The van der Waals surface area contributed by atoms with E-state index in [0.29, 0.717) is 0 Å². The van der Waals surface area contributed by atoms with Crippen LogP contribution in [0.25, 0.3) is 5.65 Å². The van der Waals surface area contributed by atoms with Crippen LogP contribution >= 0.6 is 0 Å². The zero-order valence-corrected chi connectivity index (χ0v) is 12.8. The molecule has 2 aromatic heterocycles. The maximum absolute atomic E-state index is 4.59. The molecule has 2 heterocycles. The van der Waals surface area contributed by atoms with E-state index in [9.17, 15) is 0 Å². The third-order valence-electron chi connectivity index (χ3n) is 3.64. The van der Waals surface area contributed by atoms with Gasteiger partial charge in [-0.2, -0.15) is 0 Å². The summed E-state index contributed by atoms with van der Waals surface area (Å²) in [6, 6.07) is 14.7. The van der Waals surface area contributed by atoms with E-state index in [1.165, 1.54) is 5.56 Å². The fourth-order valence-electron chi connectivity index (χ4n) is 2.35. The summed E-state index contributed by atoms with van der Waals surface area (Å²) in [5, 5.41) is 3.42. The fraction of sp³-hybridized carbons (Fsp3) is 0.278. The van der Waals surface area contributed by atoms with Crippen LogP contribution in [0, 0.1) is 0 Å². The molecule has 3 nitrogen and oxygen atoms in total. The number of benzene rings is 1. The summed E-state index contributed by atoms with van der Waals surface area (Å²) in [7, 11) is 0. The van der Waals surface area contributed by atoms with Gasteiger partial charge in [0.2, 0.25) is 0 Å². The quantitative estimate of drug-likeness (QED) is 0.777. The van der Waals surface area contributed by atoms with Crippen molar-refractivity contribution in [3.63, 3.8) is 0 Å². The Bertz CT molecular complexity index is 700. The van der Waals surface area contributed by atoms with Crippen LogP contribution in [-0.2, 0) is 12.0 Å². The first-order chi connectivity index (χ1) is 10.0. The van der Waals surface area contributed by atoms with E-state index in [1.807, 2.05) is 28.8 Å². The molecular weight excluding hydrogens is 258 g/mol. The molecule has 0 radical (unpaired) electrons. The second-order valence-electron chi connectivity index (χ2n) is 6.38. The Labute approximate surface area is 125 Å². The van der Waals surface area contributed by atoms with Crippen LogP contribution in [0.2, 0.25) is 0 Å². The van der Waals surface area contributed by atoms with Crippen molar-refractivity contribution in [2.24, 2.45) is 0 Å². The number of pyridine rings is 1. The monoisotopic (exact) mass is 279 g/mol. The molecule has 0 spiro atoms. The third-order valence-corrected chi connectivity index (χ3v) is 3.64. The number of hydrogen-bond donors (Lipinski definition) is 1. The summed E-state index contributed by atoms with van der Waals surface area (Å²) in [4.78, 5) is 4.59. The van der Waals surface area contributed by atoms with Gasteiger partial charge < -0.3 is 9.72 Å². The van der Waals surface area contributed by atoms with Crippen LogP contribution < -0.4 is 5.32 Å². The van der Waals surface area contributed by atoms with Crippen molar-refractivity contribution in [3.8, 4) is 0 Å². The van der Waals surface area contributed by atoms with E-state index in [-0.39, 0.29) is 5.41 Å². The topological polar surface area (TPSA) is 29.3 Å². The Kier molecular flexibility index (Phi) is 3.42. The van der Waals surface area contributed by atoms with Crippen LogP contribution in [0.4, 0.5) is 5.69 Å². The first kappa shape index (κ1) is 13.7. The predicted molar refractivity (Wildman–Crippen MR) is 87.7 cm³/mol. The molecule has 0 aliphatic carbocycles. The summed E-state index contributed by atoms with van der Waals surface area (Å²) in [6.07, 6.45) is 4.08. The number of nitrogens with one attached hydrogen (secondary N) is 1. The van der Waals surface area contributed by atoms with Crippen LogP contribution in [0.3, 0.4) is 0 Å². The largest absolute Gasteiger partial charge is 0.379 e. The van der Waals surface area contributed by atoms with Crippen LogP contribution in [0.1, 0.15) is 32.0 Å². The minimum absolute atomic E-state index is 0.195. The van der Waals surface area contributed by atoms with Gasteiger partial charge in [-0.05, 0) is 35.2 Å². The number of nitrogens with zero attached hydrogens (tertiary/aromatic N) is 2. The molecule has 3 heteroatoms. The van der Waals surface area contributed by atoms with Crippen molar-refractivity contribution >= 4 is 11.3 Å². The number of aromatic nitrogens is 2. The molecule has 0 aliphatic rings. The standard InChI is InChI=1S/C18H21N3/c1-18(2,3)14-7-9-15(10-8-14)19-12-16-13-21-11-5-4-6-17(21)20-16/h4-11,13,19H,12H2,1-3H3. The molecule has 0 aliphatic heterocycles. The highest BCUT2D eigenvalue weighted by atomic mass is 15.0. The van der Waals surface area contributed by atoms with Crippen molar-refractivity contribution in [1.82, 2.24) is 9.38 Å². The molecule has 108 valence electrons. The predicted octanol–water partition coefficient (Wildman–Crippen LogP) is 4.24. The van der Waals surface area contributed by atoms with E-state index in [2.05, 4.69) is 61.5 Å². The smallest absolute Gasteiger partial charge is 0.137 e. The highest BCUT2D eigenvalue weighted by Gasteiger charge is 2.12. The van der Waals surface area contributed by atoms with Crippen molar-refractivity contribution in [1.29, 1.82) is 0 Å². The molecule has 3 aromatic rings. The summed E-state index contributed by atoms with van der Waals surface area (Å²) >= 11 is 0. The lowest BCUT2D eigenvalue weighted by atomic mass is 9.87. The average Bonchev–Trinajstić information content (AvgIpc) is 2.87. The Morgan fingerprint density at radius 1 is 1.05 bits per heavy atom. The minimum atomic E-state index is 0.195. The lowest BCUT2D eigenvalue weighted by Crippen LogP contribution is -2.10. The Morgan fingerprint density at radius 2 is 1.81 bits per heavy atom. The van der Waals surface area contributed by atoms with E-state index in [1.54, 1.807) is 0 Å². The zero-order valence-electron chi connectivity index (χ0n) is 12.8. The molecule has 0 unspecified atom stereocenters. The highest BCUT2D eigenvalue weighted by molar-refractivity contribution is 5.47. The van der Waals surface area contributed by atoms with E-state index >= 15 is 0 Å². The SMILES string of the molecule is CC(C)(C)c1ccc(NCc2cn3ccccc3n2)cc1. The van der Waals surface area contributed by atoms with Gasteiger partial charge in [0, 0.05) is 18.1 Å². The van der Waals surface area contributed by atoms with Gasteiger partial charge >= 0.3 is 0 Å². The number of imidazole rings is 1. The second-order valence-corrected chi connectivity index (χ2v) is 6.38. The molecule has 0 bridgehead atoms. The van der Waals surface area contributed by atoms with Gasteiger partial charge in [-0.25, -0.2) is 4.98 Å². The lowest BCUT2D eigenvalue weighted by Gasteiger charge is -2.19. The first-order valence-electron chi connectivity index (χ1n) is 7.29. The van der Waals surface area contributed by atoms with E-state index in [0.717, 1.165) is 23.6 Å². The Balaban J connectivity index is 1.69. The number of anilines is 1. The van der Waals surface area contributed by atoms with Crippen molar-refractivity contribution in [2.75, 3.05) is 5.32 Å². The third kappa shape index (κ3) is 3.07. The molecular formula is C18H21N3. The van der Waals surface area contributed by atoms with Gasteiger partial charge in [-0.3, -0.25) is 0 Å². The van der Waals surface area contributed by atoms with E-state index < -0.39 is 0 Å². The molecule has 3 rings (SSSR count). The van der Waals surface area contributed by atoms with Gasteiger partial charge in [0.1, 0.15) is 5.65 Å². The van der Waals surface area contributed by atoms with Crippen molar-refractivity contribution in [2.45, 2.75) is 32.7 Å². The summed E-state index contributed by atoms with van der Waals surface area (Å²) in [5.41, 5.74) is 4.69. The van der Waals surface area contributed by atoms with Crippen LogP contribution in [0.5, 0.6) is 0 Å². The molecule has 0 saturated heterocycles. The zero-order chi connectivity index (χ0) is 14.9. The molecule has 21 heavy (non-hydrogen) atoms. The van der Waals surface area contributed by atoms with Crippen LogP contribution in [-0.4, -0.2) is 9.38 Å². The molecule has 0 amide bonds. The van der Waals surface area contributed by atoms with Crippen LogP contribution in [0.15, 0.2) is 54.9 Å². The summed E-state index contributed by atoms with van der Waals surface area (Å²) < 4.78 is 2.04. The Hall–Kier alpha value is -2.29. The average molecular weight is 279 g/mol. The van der Waals surface area contributed by atoms with Gasteiger partial charge in [-0.1, -0.05) is 39.0 Å². The maximum atomic E-state index is 4.59. The van der Waals surface area contributed by atoms with Gasteiger partial charge in [-0.15, -0.1) is 0 Å². The first-order valence-corrected chi connectivity index (χ1v) is 7.29. The van der Waals surface area contributed by atoms with Gasteiger partial charge in [0.25, 0.3) is 0 Å². The molecule has 0 saturated carbocycles. The number of rotatable bonds is 3. The maximum Gasteiger partial charge on any atom is 0.137 e. The Morgan fingerprint density at radius 3 is 2.48 bits per heavy atom. The van der Waals surface area contributed by atoms with E-state index in [4.69, 9.17) is 0 Å². The summed E-state index contributed by atoms with van der Waals surface area (Å²) in [5.74, 6) is 0. The molecule has 0 fully saturated rings. The molecule has 1 aromatic carbocycles. The second kappa shape index (κ2) is 5.24. The number of fused-ring (bicyclic) bond motifs is 1. The number of hydrogen-bond acceptors (Lipinski definition) is 2. The molecule has 0 atom stereocenters. The summed E-state index contributed by atoms with van der Waals surface area (Å²) in [6.45, 7) is 7.42. The van der Waals surface area contributed by atoms with Crippen molar-refractivity contribution in [3.05, 3.63) is 66.1 Å². The highest BCUT2D eigenvalue weighted by Crippen LogP contribution is 2.23. The van der Waals surface area contributed by atoms with Gasteiger partial charge in [0.15, 0.2) is 0 Å².